The lowest BCUT2D eigenvalue weighted by molar-refractivity contribution is 0.407. The van der Waals surface area contributed by atoms with Gasteiger partial charge in [-0.3, -0.25) is 5.10 Å². The van der Waals surface area contributed by atoms with Crippen LogP contribution in [0.1, 0.15) is 51.6 Å². The fraction of sp³-hybridized carbons (Fsp3) is 0.450. The van der Waals surface area contributed by atoms with Gasteiger partial charge in [0.1, 0.15) is 5.83 Å². The zero-order valence-electron chi connectivity index (χ0n) is 15.0. The van der Waals surface area contributed by atoms with Crippen molar-refractivity contribution in [1.82, 2.24) is 15.5 Å². The SMILES string of the molecule is C=C/C=c1/[nH]nc(C/C(F)=C(F)\C=C/C)/c1=C(/C)NC1CCCCC1. The summed E-state index contributed by atoms with van der Waals surface area (Å²) in [4.78, 5) is 0. The van der Waals surface area contributed by atoms with Crippen LogP contribution >= 0.6 is 0 Å². The highest BCUT2D eigenvalue weighted by molar-refractivity contribution is 5.45. The molecule has 136 valence electrons. The van der Waals surface area contributed by atoms with E-state index in [1.165, 1.54) is 25.3 Å². The largest absolute Gasteiger partial charge is 0.385 e. The Hall–Kier alpha value is -2.17. The number of allylic oxidation sites excluding steroid dienone is 5. The van der Waals surface area contributed by atoms with Gasteiger partial charge in [0.05, 0.1) is 11.0 Å². The zero-order chi connectivity index (χ0) is 18.2. The summed E-state index contributed by atoms with van der Waals surface area (Å²) >= 11 is 0. The van der Waals surface area contributed by atoms with Crippen molar-refractivity contribution in [3.05, 3.63) is 52.7 Å². The standard InChI is InChI=1S/C20H27F2N3/c1-4-9-16(21)17(22)13-19-20(18(10-5-2)24-25-19)14(3)23-15-11-7-6-8-12-15/h4-5,9-10,15,23-24H,2,6-8,11-13H2,1,3H3/b9-4-,17-16-,18-10+,20-14-. The third kappa shape index (κ3) is 5.15. The number of aromatic nitrogens is 2. The first-order valence-electron chi connectivity index (χ1n) is 8.87. The van der Waals surface area contributed by atoms with Crippen LogP contribution in [0, 0.1) is 0 Å². The molecule has 1 aliphatic carbocycles. The lowest BCUT2D eigenvalue weighted by Gasteiger charge is -2.24. The summed E-state index contributed by atoms with van der Waals surface area (Å²) in [6.45, 7) is 7.32. The van der Waals surface area contributed by atoms with Gasteiger partial charge in [0, 0.05) is 23.4 Å². The summed E-state index contributed by atoms with van der Waals surface area (Å²) < 4.78 is 27.8. The van der Waals surface area contributed by atoms with E-state index in [2.05, 4.69) is 22.1 Å². The second kappa shape index (κ2) is 9.35. The molecule has 0 unspecified atom stereocenters. The second-order valence-corrected chi connectivity index (χ2v) is 6.40. The summed E-state index contributed by atoms with van der Waals surface area (Å²) in [5.74, 6) is -1.68. The van der Waals surface area contributed by atoms with Crippen LogP contribution in [0.5, 0.6) is 0 Å². The molecule has 0 bridgehead atoms. The molecule has 1 aromatic heterocycles. The Balaban J connectivity index is 2.41. The molecule has 0 radical (unpaired) electrons. The minimum atomic E-state index is -0.858. The highest BCUT2D eigenvalue weighted by Crippen LogP contribution is 2.18. The van der Waals surface area contributed by atoms with Crippen LogP contribution in [0.15, 0.2) is 36.5 Å². The summed E-state index contributed by atoms with van der Waals surface area (Å²) in [5.41, 5.74) is 1.43. The van der Waals surface area contributed by atoms with E-state index in [4.69, 9.17) is 0 Å². The van der Waals surface area contributed by atoms with Crippen LogP contribution in [0.3, 0.4) is 0 Å². The fourth-order valence-corrected chi connectivity index (χ4v) is 3.27. The highest BCUT2D eigenvalue weighted by Gasteiger charge is 2.15. The van der Waals surface area contributed by atoms with E-state index in [0.717, 1.165) is 35.2 Å². The minimum Gasteiger partial charge on any atom is -0.385 e. The van der Waals surface area contributed by atoms with Crippen molar-refractivity contribution >= 4 is 11.8 Å². The molecule has 1 aromatic rings. The van der Waals surface area contributed by atoms with Gasteiger partial charge >= 0.3 is 0 Å². The average Bonchev–Trinajstić information content (AvgIpc) is 2.98. The van der Waals surface area contributed by atoms with Gasteiger partial charge in [0.15, 0.2) is 5.83 Å². The Bertz CT molecular complexity index is 765. The molecule has 3 nitrogen and oxygen atoms in total. The van der Waals surface area contributed by atoms with Gasteiger partial charge in [-0.25, -0.2) is 8.78 Å². The maximum absolute atomic E-state index is 14.1. The van der Waals surface area contributed by atoms with Crippen molar-refractivity contribution in [1.29, 1.82) is 0 Å². The monoisotopic (exact) mass is 347 g/mol. The fourth-order valence-electron chi connectivity index (χ4n) is 3.27. The van der Waals surface area contributed by atoms with E-state index >= 15 is 0 Å². The molecule has 1 heterocycles. The van der Waals surface area contributed by atoms with E-state index < -0.39 is 11.7 Å². The average molecular weight is 347 g/mol. The lowest BCUT2D eigenvalue weighted by Crippen LogP contribution is -2.37. The molecule has 0 saturated heterocycles. The van der Waals surface area contributed by atoms with E-state index in [1.807, 2.05) is 6.92 Å². The topological polar surface area (TPSA) is 40.7 Å². The quantitative estimate of drug-likeness (QED) is 0.771. The van der Waals surface area contributed by atoms with Crippen molar-refractivity contribution in [2.24, 2.45) is 0 Å². The number of nitrogens with one attached hydrogen (secondary N) is 2. The smallest absolute Gasteiger partial charge is 0.154 e. The molecule has 1 fully saturated rings. The first kappa shape index (κ1) is 19.2. The third-order valence-electron chi connectivity index (χ3n) is 4.45. The molecule has 0 spiro atoms. The van der Waals surface area contributed by atoms with Crippen molar-refractivity contribution in [2.75, 3.05) is 0 Å². The van der Waals surface area contributed by atoms with Gasteiger partial charge in [-0.2, -0.15) is 5.10 Å². The summed E-state index contributed by atoms with van der Waals surface area (Å²) in [7, 11) is 0. The Morgan fingerprint density at radius 2 is 2.04 bits per heavy atom. The minimum absolute atomic E-state index is 0.184. The highest BCUT2D eigenvalue weighted by atomic mass is 19.2. The van der Waals surface area contributed by atoms with Crippen LogP contribution in [0.2, 0.25) is 0 Å². The van der Waals surface area contributed by atoms with Gasteiger partial charge in [-0.1, -0.05) is 38.0 Å². The molecule has 0 atom stereocenters. The molecule has 1 saturated carbocycles. The van der Waals surface area contributed by atoms with E-state index in [0.29, 0.717) is 11.7 Å². The number of hydrogen-bond donors (Lipinski definition) is 2. The molecule has 0 aromatic carbocycles. The molecule has 2 rings (SSSR count). The Morgan fingerprint density at radius 1 is 1.32 bits per heavy atom. The number of aromatic amines is 1. The molecule has 2 N–H and O–H groups in total. The molecular formula is C20H27F2N3. The Labute approximate surface area is 147 Å². The number of hydrogen-bond acceptors (Lipinski definition) is 2. The normalized spacial score (nSPS) is 19.1. The van der Waals surface area contributed by atoms with Gasteiger partial charge in [-0.05, 0) is 38.8 Å². The van der Waals surface area contributed by atoms with Crippen molar-refractivity contribution in [3.63, 3.8) is 0 Å². The molecule has 5 heteroatoms. The van der Waals surface area contributed by atoms with Crippen molar-refractivity contribution in [2.45, 2.75) is 58.4 Å². The van der Waals surface area contributed by atoms with Gasteiger partial charge in [-0.15, -0.1) is 0 Å². The maximum Gasteiger partial charge on any atom is 0.154 e. The van der Waals surface area contributed by atoms with Crippen LogP contribution < -0.4 is 15.9 Å². The summed E-state index contributed by atoms with van der Waals surface area (Å²) in [6, 6.07) is 0.424. The second-order valence-electron chi connectivity index (χ2n) is 6.40. The summed E-state index contributed by atoms with van der Waals surface area (Å²) in [5, 5.41) is 12.2. The van der Waals surface area contributed by atoms with E-state index in [9.17, 15) is 8.78 Å². The van der Waals surface area contributed by atoms with Crippen LogP contribution in [0.25, 0.3) is 11.8 Å². The van der Waals surface area contributed by atoms with Gasteiger partial charge in [0.25, 0.3) is 0 Å². The van der Waals surface area contributed by atoms with Crippen molar-refractivity contribution < 1.29 is 8.78 Å². The molecule has 1 aliphatic rings. The van der Waals surface area contributed by atoms with Gasteiger partial charge in [0.2, 0.25) is 0 Å². The predicted octanol–water partition coefficient (Wildman–Crippen LogP) is 3.70. The first-order chi connectivity index (χ1) is 12.1. The molecule has 0 amide bonds. The van der Waals surface area contributed by atoms with E-state index in [-0.39, 0.29) is 6.42 Å². The number of halogens is 2. The van der Waals surface area contributed by atoms with Crippen LogP contribution in [-0.2, 0) is 6.42 Å². The molecule has 0 aliphatic heterocycles. The number of H-pyrrole nitrogens is 1. The molecular weight excluding hydrogens is 320 g/mol. The Morgan fingerprint density at radius 3 is 2.68 bits per heavy atom. The zero-order valence-corrected chi connectivity index (χ0v) is 15.0. The van der Waals surface area contributed by atoms with Gasteiger partial charge < -0.3 is 5.32 Å². The van der Waals surface area contributed by atoms with Crippen LogP contribution in [0.4, 0.5) is 8.78 Å². The van der Waals surface area contributed by atoms with Crippen molar-refractivity contribution in [3.8, 4) is 0 Å². The number of rotatable bonds is 6. The first-order valence-corrected chi connectivity index (χ1v) is 8.87. The summed E-state index contributed by atoms with van der Waals surface area (Å²) in [6.07, 6.45) is 11.9. The number of nitrogens with zero attached hydrogens (tertiary/aromatic N) is 1. The lowest BCUT2D eigenvalue weighted by atomic mass is 9.95. The Kier molecular flexibility index (Phi) is 7.16. The maximum atomic E-state index is 14.1. The third-order valence-corrected chi connectivity index (χ3v) is 4.45. The van der Waals surface area contributed by atoms with E-state index in [1.54, 1.807) is 19.1 Å². The predicted molar refractivity (Wildman–Crippen MR) is 99.4 cm³/mol. The molecule has 25 heavy (non-hydrogen) atoms. The van der Waals surface area contributed by atoms with Crippen LogP contribution in [-0.4, -0.2) is 16.2 Å².